The molecule has 0 spiro atoms. The van der Waals surface area contributed by atoms with E-state index in [-0.39, 0.29) is 16.1 Å². The summed E-state index contributed by atoms with van der Waals surface area (Å²) in [7, 11) is 1.41. The van der Waals surface area contributed by atoms with Gasteiger partial charge in [0.15, 0.2) is 0 Å². The maximum absolute atomic E-state index is 14.0. The van der Waals surface area contributed by atoms with E-state index in [1.165, 1.54) is 51.3 Å². The number of halogens is 3. The van der Waals surface area contributed by atoms with Gasteiger partial charge in [0.05, 0.1) is 7.11 Å². The van der Waals surface area contributed by atoms with Gasteiger partial charge in [0.2, 0.25) is 0 Å². The molecule has 0 aromatic heterocycles. The lowest BCUT2D eigenvalue weighted by Gasteiger charge is -2.23. The van der Waals surface area contributed by atoms with Crippen molar-refractivity contribution in [1.29, 1.82) is 0 Å². The minimum absolute atomic E-state index is 0.126. The lowest BCUT2D eigenvalue weighted by atomic mass is 9.85. The lowest BCUT2D eigenvalue weighted by molar-refractivity contribution is 0.331. The lowest BCUT2D eigenvalue weighted by Crippen LogP contribution is -2.08. The van der Waals surface area contributed by atoms with Crippen LogP contribution in [0.2, 0.25) is 0 Å². The second kappa shape index (κ2) is 7.39. The highest BCUT2D eigenvalue weighted by molar-refractivity contribution is 9.09. The molecule has 0 N–H and O–H groups in total. The first-order valence-corrected chi connectivity index (χ1v) is 8.20. The van der Waals surface area contributed by atoms with E-state index >= 15 is 0 Å². The Morgan fingerprint density at radius 3 is 2.35 bits per heavy atom. The topological polar surface area (TPSA) is 9.23 Å². The standard InChI is InChI=1S/C16H21BrF2O/c1-20-12-9-14(18)16(15(19)10-12)13(17)8-7-11-5-3-2-4-6-11/h9-11,13H,2-8H2,1H3. The van der Waals surface area contributed by atoms with E-state index in [1.54, 1.807) is 0 Å². The number of alkyl halides is 1. The molecule has 1 aromatic carbocycles. The van der Waals surface area contributed by atoms with Crippen LogP contribution in [-0.4, -0.2) is 7.11 Å². The van der Waals surface area contributed by atoms with Crippen molar-refractivity contribution in [1.82, 2.24) is 0 Å². The molecule has 0 aliphatic heterocycles. The van der Waals surface area contributed by atoms with E-state index in [4.69, 9.17) is 4.74 Å². The van der Waals surface area contributed by atoms with E-state index in [0.717, 1.165) is 12.8 Å². The zero-order valence-electron chi connectivity index (χ0n) is 11.8. The molecule has 0 saturated heterocycles. The van der Waals surface area contributed by atoms with Crippen molar-refractivity contribution >= 4 is 15.9 Å². The number of hydrogen-bond donors (Lipinski definition) is 0. The fourth-order valence-electron chi connectivity index (χ4n) is 2.98. The van der Waals surface area contributed by atoms with Crippen molar-refractivity contribution in [3.8, 4) is 5.75 Å². The summed E-state index contributed by atoms with van der Waals surface area (Å²) in [5.74, 6) is -0.136. The summed E-state index contributed by atoms with van der Waals surface area (Å²) in [5.41, 5.74) is 0.126. The first-order valence-electron chi connectivity index (χ1n) is 7.28. The predicted molar refractivity (Wildman–Crippen MR) is 80.4 cm³/mol. The Balaban J connectivity index is 1.99. The molecule has 1 saturated carbocycles. The number of methoxy groups -OCH3 is 1. The molecule has 4 heteroatoms. The molecule has 0 amide bonds. The number of rotatable bonds is 5. The Bertz CT molecular complexity index is 421. The Morgan fingerprint density at radius 1 is 1.20 bits per heavy atom. The monoisotopic (exact) mass is 346 g/mol. The highest BCUT2D eigenvalue weighted by atomic mass is 79.9. The zero-order valence-corrected chi connectivity index (χ0v) is 13.4. The molecule has 1 fully saturated rings. The van der Waals surface area contributed by atoms with Crippen molar-refractivity contribution in [2.24, 2.45) is 5.92 Å². The molecule has 1 unspecified atom stereocenters. The van der Waals surface area contributed by atoms with Gasteiger partial charge in [-0.1, -0.05) is 48.0 Å². The van der Waals surface area contributed by atoms with Crippen LogP contribution in [0.5, 0.6) is 5.75 Å². The van der Waals surface area contributed by atoms with Crippen LogP contribution in [0.15, 0.2) is 12.1 Å². The van der Waals surface area contributed by atoms with Crippen molar-refractivity contribution in [2.45, 2.75) is 49.8 Å². The second-order valence-corrected chi connectivity index (χ2v) is 6.66. The summed E-state index contributed by atoms with van der Waals surface area (Å²) < 4.78 is 32.8. The summed E-state index contributed by atoms with van der Waals surface area (Å²) in [4.78, 5) is -0.268. The van der Waals surface area contributed by atoms with Crippen molar-refractivity contribution in [2.75, 3.05) is 7.11 Å². The highest BCUT2D eigenvalue weighted by Crippen LogP contribution is 2.37. The van der Waals surface area contributed by atoms with E-state index in [2.05, 4.69) is 15.9 Å². The van der Waals surface area contributed by atoms with Crippen LogP contribution in [0.25, 0.3) is 0 Å². The fraction of sp³-hybridized carbons (Fsp3) is 0.625. The van der Waals surface area contributed by atoms with Gasteiger partial charge in [-0.3, -0.25) is 0 Å². The SMILES string of the molecule is COc1cc(F)c(C(Br)CCC2CCCCC2)c(F)c1. The molecule has 0 heterocycles. The average Bonchev–Trinajstić information content (AvgIpc) is 2.45. The van der Waals surface area contributed by atoms with Gasteiger partial charge in [0, 0.05) is 22.5 Å². The summed E-state index contributed by atoms with van der Waals surface area (Å²) in [6.45, 7) is 0. The minimum atomic E-state index is -0.535. The number of hydrogen-bond acceptors (Lipinski definition) is 1. The number of ether oxygens (including phenoxy) is 1. The molecule has 2 rings (SSSR count). The van der Waals surface area contributed by atoms with Crippen molar-refractivity contribution in [3.05, 3.63) is 29.3 Å². The van der Waals surface area contributed by atoms with Crippen LogP contribution in [0, 0.1) is 17.6 Å². The quantitative estimate of drug-likeness (QED) is 0.615. The van der Waals surface area contributed by atoms with Gasteiger partial charge >= 0.3 is 0 Å². The Morgan fingerprint density at radius 2 is 1.80 bits per heavy atom. The van der Waals surface area contributed by atoms with E-state index in [1.807, 2.05) is 0 Å². The molecule has 1 aliphatic carbocycles. The Kier molecular flexibility index (Phi) is 5.82. The van der Waals surface area contributed by atoms with Gasteiger partial charge in [0.1, 0.15) is 17.4 Å². The van der Waals surface area contributed by atoms with E-state index < -0.39 is 11.6 Å². The molecule has 0 radical (unpaired) electrons. The van der Waals surface area contributed by atoms with Gasteiger partial charge in [0.25, 0.3) is 0 Å². The molecule has 1 atom stereocenters. The molecule has 20 heavy (non-hydrogen) atoms. The molecule has 1 nitrogen and oxygen atoms in total. The predicted octanol–water partition coefficient (Wildman–Crippen LogP) is 5.77. The maximum Gasteiger partial charge on any atom is 0.134 e. The molecule has 1 aromatic rings. The van der Waals surface area contributed by atoms with Crippen molar-refractivity contribution < 1.29 is 13.5 Å². The highest BCUT2D eigenvalue weighted by Gasteiger charge is 2.21. The van der Waals surface area contributed by atoms with Gasteiger partial charge in [-0.05, 0) is 18.8 Å². The second-order valence-electron chi connectivity index (χ2n) is 5.55. The first kappa shape index (κ1) is 15.7. The number of benzene rings is 1. The third-order valence-corrected chi connectivity index (χ3v) is 5.07. The molecule has 112 valence electrons. The van der Waals surface area contributed by atoms with Gasteiger partial charge < -0.3 is 4.74 Å². The first-order chi connectivity index (χ1) is 9.61. The normalized spacial score (nSPS) is 18.0. The van der Waals surface area contributed by atoms with Crippen LogP contribution in [0.4, 0.5) is 8.78 Å². The van der Waals surface area contributed by atoms with Crippen LogP contribution < -0.4 is 4.74 Å². The zero-order chi connectivity index (χ0) is 14.5. The van der Waals surface area contributed by atoms with E-state index in [9.17, 15) is 8.78 Å². The van der Waals surface area contributed by atoms with Gasteiger partial charge in [-0.15, -0.1) is 0 Å². The third kappa shape index (κ3) is 3.94. The van der Waals surface area contributed by atoms with E-state index in [0.29, 0.717) is 5.92 Å². The third-order valence-electron chi connectivity index (χ3n) is 4.15. The molecular weight excluding hydrogens is 326 g/mol. The van der Waals surface area contributed by atoms with Crippen LogP contribution in [0.3, 0.4) is 0 Å². The van der Waals surface area contributed by atoms with Crippen LogP contribution in [-0.2, 0) is 0 Å². The Labute approximate surface area is 127 Å². The molecular formula is C16H21BrF2O. The molecule has 0 bridgehead atoms. The van der Waals surface area contributed by atoms with Crippen LogP contribution in [0.1, 0.15) is 55.3 Å². The summed E-state index contributed by atoms with van der Waals surface area (Å²) >= 11 is 3.44. The summed E-state index contributed by atoms with van der Waals surface area (Å²) in [6, 6.07) is 2.49. The summed E-state index contributed by atoms with van der Waals surface area (Å²) in [5, 5.41) is 0. The largest absolute Gasteiger partial charge is 0.497 e. The Hall–Kier alpha value is -0.640. The van der Waals surface area contributed by atoms with Crippen LogP contribution >= 0.6 is 15.9 Å². The van der Waals surface area contributed by atoms with Gasteiger partial charge in [-0.25, -0.2) is 8.78 Å². The van der Waals surface area contributed by atoms with Gasteiger partial charge in [-0.2, -0.15) is 0 Å². The van der Waals surface area contributed by atoms with Crippen molar-refractivity contribution in [3.63, 3.8) is 0 Å². The summed E-state index contributed by atoms with van der Waals surface area (Å²) in [6.07, 6.45) is 8.23. The fourth-order valence-corrected chi connectivity index (χ4v) is 3.68. The maximum atomic E-state index is 14.0. The average molecular weight is 347 g/mol. The smallest absolute Gasteiger partial charge is 0.134 e. The minimum Gasteiger partial charge on any atom is -0.497 e. The molecule has 1 aliphatic rings.